The Balaban J connectivity index is 2.17. The molecule has 4 nitrogen and oxygen atoms in total. The van der Waals surface area contributed by atoms with Crippen LogP contribution in [0.4, 0.5) is 0 Å². The highest BCUT2D eigenvalue weighted by molar-refractivity contribution is 5.82. The van der Waals surface area contributed by atoms with E-state index < -0.39 is 5.97 Å². The summed E-state index contributed by atoms with van der Waals surface area (Å²) in [5.74, 6) is -0.846. The van der Waals surface area contributed by atoms with Gasteiger partial charge in [-0.1, -0.05) is 18.2 Å². The van der Waals surface area contributed by atoms with Crippen LogP contribution in [0, 0.1) is 0 Å². The molecular formula is C14H15NO3. The number of aromatic nitrogens is 1. The summed E-state index contributed by atoms with van der Waals surface area (Å²) in [5.41, 5.74) is 1.95. The molecule has 0 amide bonds. The quantitative estimate of drug-likeness (QED) is 0.879. The number of carboxylic acid groups (broad SMARTS) is 1. The fraction of sp³-hybridized carbons (Fsp3) is 0.286. The van der Waals surface area contributed by atoms with Crippen molar-refractivity contribution in [3.63, 3.8) is 0 Å². The SMILES string of the molecule is CC(OCCC(=O)O)c1cccc2ncccc12. The molecule has 1 aromatic carbocycles. The van der Waals surface area contributed by atoms with Crippen molar-refractivity contribution < 1.29 is 14.6 Å². The maximum atomic E-state index is 10.4. The topological polar surface area (TPSA) is 59.4 Å². The standard InChI is InChI=1S/C14H15NO3/c1-10(18-9-7-14(16)17)11-4-2-6-13-12(11)5-3-8-15-13/h2-6,8,10H,7,9H2,1H3,(H,16,17). The molecule has 0 saturated heterocycles. The summed E-state index contributed by atoms with van der Waals surface area (Å²) < 4.78 is 5.54. The number of hydrogen-bond acceptors (Lipinski definition) is 3. The van der Waals surface area contributed by atoms with Gasteiger partial charge in [-0.25, -0.2) is 0 Å². The van der Waals surface area contributed by atoms with Gasteiger partial charge in [0.25, 0.3) is 0 Å². The average molecular weight is 245 g/mol. The van der Waals surface area contributed by atoms with Crippen LogP contribution in [0.25, 0.3) is 10.9 Å². The van der Waals surface area contributed by atoms with Crippen LogP contribution in [-0.4, -0.2) is 22.7 Å². The molecule has 0 aliphatic rings. The van der Waals surface area contributed by atoms with Crippen LogP contribution in [0.1, 0.15) is 25.0 Å². The summed E-state index contributed by atoms with van der Waals surface area (Å²) in [5, 5.41) is 9.62. The Hall–Kier alpha value is -1.94. The Morgan fingerprint density at radius 2 is 2.22 bits per heavy atom. The van der Waals surface area contributed by atoms with Crippen LogP contribution >= 0.6 is 0 Å². The normalized spacial score (nSPS) is 12.5. The van der Waals surface area contributed by atoms with Crippen molar-refractivity contribution in [1.82, 2.24) is 4.98 Å². The molecule has 1 N–H and O–H groups in total. The van der Waals surface area contributed by atoms with Crippen LogP contribution in [0.5, 0.6) is 0 Å². The van der Waals surface area contributed by atoms with E-state index in [0.717, 1.165) is 16.5 Å². The Bertz CT molecular complexity index is 548. The Morgan fingerprint density at radius 1 is 1.39 bits per heavy atom. The van der Waals surface area contributed by atoms with E-state index in [4.69, 9.17) is 9.84 Å². The van der Waals surface area contributed by atoms with Crippen LogP contribution in [0.3, 0.4) is 0 Å². The second-order valence-electron chi connectivity index (χ2n) is 4.07. The van der Waals surface area contributed by atoms with Crippen LogP contribution < -0.4 is 0 Å². The monoisotopic (exact) mass is 245 g/mol. The van der Waals surface area contributed by atoms with Gasteiger partial charge in [0.15, 0.2) is 0 Å². The highest BCUT2D eigenvalue weighted by atomic mass is 16.5. The molecule has 0 aliphatic heterocycles. The lowest BCUT2D eigenvalue weighted by Gasteiger charge is -2.14. The van der Waals surface area contributed by atoms with Crippen molar-refractivity contribution >= 4 is 16.9 Å². The van der Waals surface area contributed by atoms with Crippen molar-refractivity contribution in [2.24, 2.45) is 0 Å². The first-order chi connectivity index (χ1) is 8.68. The molecular weight excluding hydrogens is 230 g/mol. The summed E-state index contributed by atoms with van der Waals surface area (Å²) in [6.45, 7) is 2.14. The summed E-state index contributed by atoms with van der Waals surface area (Å²) in [6.07, 6.45) is 1.63. The predicted octanol–water partition coefficient (Wildman–Crippen LogP) is 2.79. The molecule has 94 valence electrons. The smallest absolute Gasteiger partial charge is 0.305 e. The average Bonchev–Trinajstić information content (AvgIpc) is 2.37. The van der Waals surface area contributed by atoms with Crippen LogP contribution in [0.2, 0.25) is 0 Å². The summed E-state index contributed by atoms with van der Waals surface area (Å²) in [6, 6.07) is 9.74. The number of fused-ring (bicyclic) bond motifs is 1. The number of ether oxygens (including phenoxy) is 1. The van der Waals surface area contributed by atoms with Crippen molar-refractivity contribution in [1.29, 1.82) is 0 Å². The van der Waals surface area contributed by atoms with Crippen molar-refractivity contribution in [2.75, 3.05) is 6.61 Å². The lowest BCUT2D eigenvalue weighted by atomic mass is 10.0. The molecule has 1 unspecified atom stereocenters. The Labute approximate surface area is 105 Å². The number of nitrogens with zero attached hydrogens (tertiary/aromatic N) is 1. The Kier molecular flexibility index (Phi) is 3.89. The van der Waals surface area contributed by atoms with Crippen molar-refractivity contribution in [3.8, 4) is 0 Å². The minimum Gasteiger partial charge on any atom is -0.481 e. The van der Waals surface area contributed by atoms with Crippen molar-refractivity contribution in [2.45, 2.75) is 19.4 Å². The fourth-order valence-electron chi connectivity index (χ4n) is 1.89. The first-order valence-electron chi connectivity index (χ1n) is 5.85. The molecule has 18 heavy (non-hydrogen) atoms. The van der Waals surface area contributed by atoms with Crippen molar-refractivity contribution in [3.05, 3.63) is 42.1 Å². The number of aliphatic carboxylic acids is 1. The van der Waals surface area contributed by atoms with Gasteiger partial charge < -0.3 is 9.84 Å². The zero-order valence-electron chi connectivity index (χ0n) is 10.2. The summed E-state index contributed by atoms with van der Waals surface area (Å²) in [4.78, 5) is 14.7. The second kappa shape index (κ2) is 5.60. The van der Waals surface area contributed by atoms with Gasteiger partial charge in [0.2, 0.25) is 0 Å². The molecule has 0 radical (unpaired) electrons. The van der Waals surface area contributed by atoms with Gasteiger partial charge >= 0.3 is 5.97 Å². The molecule has 1 heterocycles. The third kappa shape index (κ3) is 2.84. The maximum Gasteiger partial charge on any atom is 0.305 e. The van der Waals surface area contributed by atoms with Gasteiger partial charge in [0.1, 0.15) is 0 Å². The first-order valence-corrected chi connectivity index (χ1v) is 5.85. The molecule has 0 aliphatic carbocycles. The van der Waals surface area contributed by atoms with Gasteiger partial charge in [-0.15, -0.1) is 0 Å². The van der Waals surface area contributed by atoms with E-state index in [1.807, 2.05) is 37.3 Å². The number of pyridine rings is 1. The van der Waals surface area contributed by atoms with E-state index in [9.17, 15) is 4.79 Å². The molecule has 1 atom stereocenters. The van der Waals surface area contributed by atoms with E-state index in [-0.39, 0.29) is 19.1 Å². The number of hydrogen-bond donors (Lipinski definition) is 1. The third-order valence-corrected chi connectivity index (χ3v) is 2.80. The van der Waals surface area contributed by atoms with E-state index in [0.29, 0.717) is 0 Å². The highest BCUT2D eigenvalue weighted by Gasteiger charge is 2.10. The summed E-state index contributed by atoms with van der Waals surface area (Å²) >= 11 is 0. The Morgan fingerprint density at radius 3 is 3.00 bits per heavy atom. The molecule has 2 rings (SSSR count). The number of benzene rings is 1. The van der Waals surface area contributed by atoms with Gasteiger partial charge in [0.05, 0.1) is 24.6 Å². The number of rotatable bonds is 5. The van der Waals surface area contributed by atoms with Gasteiger partial charge in [-0.2, -0.15) is 0 Å². The number of carboxylic acids is 1. The second-order valence-corrected chi connectivity index (χ2v) is 4.07. The molecule has 4 heteroatoms. The van der Waals surface area contributed by atoms with Crippen LogP contribution in [-0.2, 0) is 9.53 Å². The van der Waals surface area contributed by atoms with E-state index in [1.165, 1.54) is 0 Å². The van der Waals surface area contributed by atoms with E-state index in [1.54, 1.807) is 6.20 Å². The minimum atomic E-state index is -0.846. The predicted molar refractivity (Wildman–Crippen MR) is 68.4 cm³/mol. The fourth-order valence-corrected chi connectivity index (χ4v) is 1.89. The van der Waals surface area contributed by atoms with E-state index in [2.05, 4.69) is 4.98 Å². The third-order valence-electron chi connectivity index (χ3n) is 2.80. The zero-order valence-corrected chi connectivity index (χ0v) is 10.2. The molecule has 0 fully saturated rings. The number of carbonyl (C=O) groups is 1. The first kappa shape index (κ1) is 12.5. The molecule has 1 aromatic heterocycles. The lowest BCUT2D eigenvalue weighted by molar-refractivity contribution is -0.138. The molecule has 0 saturated carbocycles. The largest absolute Gasteiger partial charge is 0.481 e. The molecule has 0 bridgehead atoms. The molecule has 0 spiro atoms. The highest BCUT2D eigenvalue weighted by Crippen LogP contribution is 2.25. The van der Waals surface area contributed by atoms with Gasteiger partial charge in [-0.3, -0.25) is 9.78 Å². The van der Waals surface area contributed by atoms with E-state index >= 15 is 0 Å². The molecule has 2 aromatic rings. The minimum absolute atomic E-state index is 0.0212. The summed E-state index contributed by atoms with van der Waals surface area (Å²) in [7, 11) is 0. The van der Waals surface area contributed by atoms with Crippen LogP contribution in [0.15, 0.2) is 36.5 Å². The maximum absolute atomic E-state index is 10.4. The van der Waals surface area contributed by atoms with Gasteiger partial charge in [0, 0.05) is 11.6 Å². The zero-order chi connectivity index (χ0) is 13.0. The van der Waals surface area contributed by atoms with Gasteiger partial charge in [-0.05, 0) is 24.6 Å². The lowest BCUT2D eigenvalue weighted by Crippen LogP contribution is -2.06.